The minimum Gasteiger partial charge on any atom is -0.466 e. The fourth-order valence-corrected chi connectivity index (χ4v) is 1.49. The molecular formula is C8H10O5. The minimum absolute atomic E-state index is 0.0775. The Labute approximate surface area is 74.6 Å². The Kier molecular flexibility index (Phi) is 1.87. The van der Waals surface area contributed by atoms with E-state index in [2.05, 4.69) is 4.74 Å². The third-order valence-corrected chi connectivity index (χ3v) is 2.31. The Hall–Kier alpha value is -0.910. The molecule has 0 aromatic heterocycles. The van der Waals surface area contributed by atoms with Crippen molar-refractivity contribution in [3.63, 3.8) is 0 Å². The monoisotopic (exact) mass is 186 g/mol. The molecule has 72 valence electrons. The van der Waals surface area contributed by atoms with Crippen molar-refractivity contribution in [3.05, 3.63) is 11.6 Å². The number of ether oxygens (including phenoxy) is 2. The molecule has 5 nitrogen and oxygen atoms in total. The Bertz CT molecular complexity index is 272. The standard InChI is InChI=1S/C8H10O5/c1-12-8(11)3-2-4-7(13-4)6(10)5(3)9/h2,4-7,9-10H,1H3/t4-,5+,6+,7-/m0/s1. The number of epoxide rings is 1. The highest BCUT2D eigenvalue weighted by Crippen LogP contribution is 2.35. The van der Waals surface area contributed by atoms with Crippen LogP contribution in [0.5, 0.6) is 0 Å². The maximum Gasteiger partial charge on any atom is 0.336 e. The molecule has 4 atom stereocenters. The summed E-state index contributed by atoms with van der Waals surface area (Å²) in [5, 5.41) is 18.8. The number of aliphatic hydroxyl groups excluding tert-OH is 2. The average Bonchev–Trinajstić information content (AvgIpc) is 2.89. The number of esters is 1. The lowest BCUT2D eigenvalue weighted by Gasteiger charge is -2.20. The maximum absolute atomic E-state index is 11.1. The van der Waals surface area contributed by atoms with Gasteiger partial charge in [0.05, 0.1) is 12.7 Å². The lowest BCUT2D eigenvalue weighted by molar-refractivity contribution is -0.138. The van der Waals surface area contributed by atoms with Crippen LogP contribution in [0.2, 0.25) is 0 Å². The molecular weight excluding hydrogens is 176 g/mol. The predicted molar refractivity (Wildman–Crippen MR) is 40.8 cm³/mol. The largest absolute Gasteiger partial charge is 0.466 e. The van der Waals surface area contributed by atoms with E-state index >= 15 is 0 Å². The van der Waals surface area contributed by atoms with Gasteiger partial charge in [-0.3, -0.25) is 0 Å². The van der Waals surface area contributed by atoms with E-state index in [0.29, 0.717) is 0 Å². The topological polar surface area (TPSA) is 79.3 Å². The van der Waals surface area contributed by atoms with Crippen LogP contribution in [-0.4, -0.2) is 47.7 Å². The molecule has 1 fully saturated rings. The number of methoxy groups -OCH3 is 1. The summed E-state index contributed by atoms with van der Waals surface area (Å²) < 4.78 is 9.43. The fourth-order valence-electron chi connectivity index (χ4n) is 1.49. The summed E-state index contributed by atoms with van der Waals surface area (Å²) in [7, 11) is 1.22. The predicted octanol–water partition coefficient (Wildman–Crippen LogP) is -1.41. The van der Waals surface area contributed by atoms with Crippen molar-refractivity contribution < 1.29 is 24.5 Å². The molecule has 5 heteroatoms. The van der Waals surface area contributed by atoms with Gasteiger partial charge in [0, 0.05) is 0 Å². The van der Waals surface area contributed by atoms with Crippen LogP contribution >= 0.6 is 0 Å². The van der Waals surface area contributed by atoms with Crippen molar-refractivity contribution >= 4 is 5.97 Å². The van der Waals surface area contributed by atoms with Crippen molar-refractivity contribution in [2.75, 3.05) is 7.11 Å². The first-order valence-corrected chi connectivity index (χ1v) is 3.96. The van der Waals surface area contributed by atoms with Gasteiger partial charge in [0.1, 0.15) is 24.4 Å². The summed E-state index contributed by atoms with van der Waals surface area (Å²) in [5.74, 6) is -0.625. The molecule has 0 radical (unpaired) electrons. The number of hydrogen-bond acceptors (Lipinski definition) is 5. The van der Waals surface area contributed by atoms with Gasteiger partial charge >= 0.3 is 5.97 Å². The molecule has 2 N–H and O–H groups in total. The van der Waals surface area contributed by atoms with Crippen molar-refractivity contribution in [3.8, 4) is 0 Å². The van der Waals surface area contributed by atoms with Crippen LogP contribution in [0, 0.1) is 0 Å². The Morgan fingerprint density at radius 3 is 2.92 bits per heavy atom. The SMILES string of the molecule is COC(=O)C1=C[C@@H]2O[C@@H]2[C@H](O)[C@@H]1O. The normalized spacial score (nSPS) is 41.9. The van der Waals surface area contributed by atoms with Crippen LogP contribution in [0.1, 0.15) is 0 Å². The lowest BCUT2D eigenvalue weighted by Crippen LogP contribution is -2.39. The van der Waals surface area contributed by atoms with Crippen LogP contribution < -0.4 is 0 Å². The first-order chi connectivity index (χ1) is 6.15. The molecule has 0 bridgehead atoms. The molecule has 0 amide bonds. The number of rotatable bonds is 1. The third kappa shape index (κ3) is 1.25. The zero-order chi connectivity index (χ0) is 9.59. The highest BCUT2D eigenvalue weighted by molar-refractivity contribution is 5.90. The van der Waals surface area contributed by atoms with Crippen LogP contribution in [0.25, 0.3) is 0 Å². The number of carbonyl (C=O) groups is 1. The van der Waals surface area contributed by atoms with Gasteiger partial charge in [-0.1, -0.05) is 0 Å². The van der Waals surface area contributed by atoms with E-state index in [-0.39, 0.29) is 17.8 Å². The highest BCUT2D eigenvalue weighted by atomic mass is 16.6. The highest BCUT2D eigenvalue weighted by Gasteiger charge is 2.51. The second kappa shape index (κ2) is 2.80. The van der Waals surface area contributed by atoms with Gasteiger partial charge in [0.2, 0.25) is 0 Å². The molecule has 0 aromatic carbocycles. The minimum atomic E-state index is -1.20. The van der Waals surface area contributed by atoms with E-state index in [4.69, 9.17) is 4.74 Å². The molecule has 2 aliphatic rings. The summed E-state index contributed by atoms with van der Waals surface area (Å²) >= 11 is 0. The summed E-state index contributed by atoms with van der Waals surface area (Å²) in [5.41, 5.74) is 0.0775. The van der Waals surface area contributed by atoms with Gasteiger partial charge in [0.25, 0.3) is 0 Å². The Morgan fingerprint density at radius 2 is 2.31 bits per heavy atom. The number of aliphatic hydroxyl groups is 2. The van der Waals surface area contributed by atoms with Gasteiger partial charge < -0.3 is 19.7 Å². The quantitative estimate of drug-likeness (QED) is 0.388. The first-order valence-electron chi connectivity index (χ1n) is 3.96. The summed E-state index contributed by atoms with van der Waals surface area (Å²) in [6.07, 6.45) is -1.33. The molecule has 0 unspecified atom stereocenters. The Balaban J connectivity index is 2.22. The number of carbonyl (C=O) groups excluding carboxylic acids is 1. The van der Waals surface area contributed by atoms with Gasteiger partial charge in [-0.25, -0.2) is 4.79 Å². The Morgan fingerprint density at radius 1 is 1.62 bits per heavy atom. The summed E-state index contributed by atoms with van der Waals surface area (Å²) in [6, 6.07) is 0. The van der Waals surface area contributed by atoms with Crippen molar-refractivity contribution in [1.82, 2.24) is 0 Å². The van der Waals surface area contributed by atoms with Crippen molar-refractivity contribution in [1.29, 1.82) is 0 Å². The zero-order valence-corrected chi connectivity index (χ0v) is 7.01. The first kappa shape index (κ1) is 8.68. The van der Waals surface area contributed by atoms with Gasteiger partial charge in [-0.05, 0) is 6.08 Å². The van der Waals surface area contributed by atoms with E-state index in [1.807, 2.05) is 0 Å². The molecule has 2 rings (SSSR count). The summed E-state index contributed by atoms with van der Waals surface area (Å²) in [6.45, 7) is 0. The van der Waals surface area contributed by atoms with Gasteiger partial charge in [0.15, 0.2) is 0 Å². The van der Waals surface area contributed by atoms with Crippen molar-refractivity contribution in [2.45, 2.75) is 24.4 Å². The lowest BCUT2D eigenvalue weighted by atomic mass is 9.94. The van der Waals surface area contributed by atoms with Gasteiger partial charge in [-0.15, -0.1) is 0 Å². The molecule has 1 heterocycles. The number of fused-ring (bicyclic) bond motifs is 1. The van der Waals surface area contributed by atoms with E-state index < -0.39 is 18.2 Å². The van der Waals surface area contributed by atoms with Gasteiger partial charge in [-0.2, -0.15) is 0 Å². The fraction of sp³-hybridized carbons (Fsp3) is 0.625. The second-order valence-electron chi connectivity index (χ2n) is 3.11. The third-order valence-electron chi connectivity index (χ3n) is 2.31. The molecule has 1 aliphatic carbocycles. The summed E-state index contributed by atoms with van der Waals surface area (Å²) in [4.78, 5) is 11.1. The number of hydrogen-bond donors (Lipinski definition) is 2. The van der Waals surface area contributed by atoms with E-state index in [1.165, 1.54) is 13.2 Å². The van der Waals surface area contributed by atoms with E-state index in [1.54, 1.807) is 0 Å². The van der Waals surface area contributed by atoms with Crippen LogP contribution in [-0.2, 0) is 14.3 Å². The molecule has 0 spiro atoms. The van der Waals surface area contributed by atoms with Crippen LogP contribution in [0.4, 0.5) is 0 Å². The van der Waals surface area contributed by atoms with Crippen LogP contribution in [0.15, 0.2) is 11.6 Å². The molecule has 0 aromatic rings. The molecule has 1 saturated heterocycles. The smallest absolute Gasteiger partial charge is 0.336 e. The van der Waals surface area contributed by atoms with Crippen molar-refractivity contribution in [2.24, 2.45) is 0 Å². The van der Waals surface area contributed by atoms with E-state index in [9.17, 15) is 15.0 Å². The van der Waals surface area contributed by atoms with Crippen LogP contribution in [0.3, 0.4) is 0 Å². The van der Waals surface area contributed by atoms with E-state index in [0.717, 1.165) is 0 Å². The zero-order valence-electron chi connectivity index (χ0n) is 7.01. The molecule has 13 heavy (non-hydrogen) atoms. The second-order valence-corrected chi connectivity index (χ2v) is 3.11. The average molecular weight is 186 g/mol. The maximum atomic E-state index is 11.1. The molecule has 1 aliphatic heterocycles. The molecule has 0 saturated carbocycles.